The van der Waals surface area contributed by atoms with Crippen molar-refractivity contribution in [3.05, 3.63) is 11.6 Å². The third kappa shape index (κ3) is 7.10. The lowest BCUT2D eigenvalue weighted by Gasteiger charge is -2.58. The Labute approximate surface area is 261 Å². The Kier molecular flexibility index (Phi) is 10.8. The van der Waals surface area contributed by atoms with E-state index in [4.69, 9.17) is 10.5 Å². The summed E-state index contributed by atoms with van der Waals surface area (Å²) >= 11 is 0. The SMILES string of the molecule is CC(C)CCCC(C)C1CCC2C3CC=C4CC(OC(=O)N(CNCN=CN)CNC5NCN5)CCC4(C)C3CCC12C. The quantitative estimate of drug-likeness (QED) is 0.0641. The minimum atomic E-state index is -0.285. The van der Waals surface area contributed by atoms with E-state index < -0.39 is 0 Å². The van der Waals surface area contributed by atoms with Gasteiger partial charge in [0.2, 0.25) is 0 Å². The molecule has 9 heteroatoms. The molecule has 4 aliphatic carbocycles. The number of aliphatic imine (C=N–C) groups is 1. The highest BCUT2D eigenvalue weighted by molar-refractivity contribution is 5.67. The fourth-order valence-corrected chi connectivity index (χ4v) is 10.0. The number of carbonyl (C=O) groups is 1. The minimum Gasteiger partial charge on any atom is -0.446 e. The van der Waals surface area contributed by atoms with Gasteiger partial charge in [0.1, 0.15) is 12.4 Å². The van der Waals surface area contributed by atoms with Crippen molar-refractivity contribution in [3.63, 3.8) is 0 Å². The predicted molar refractivity (Wildman–Crippen MR) is 174 cm³/mol. The van der Waals surface area contributed by atoms with Crippen molar-refractivity contribution in [2.24, 2.45) is 57.1 Å². The summed E-state index contributed by atoms with van der Waals surface area (Å²) in [5.41, 5.74) is 7.68. The monoisotopic (exact) mass is 599 g/mol. The third-order valence-electron chi connectivity index (χ3n) is 12.5. The Morgan fingerprint density at radius 2 is 1.95 bits per heavy atom. The molecule has 1 heterocycles. The molecule has 244 valence electrons. The zero-order valence-electron chi connectivity index (χ0n) is 27.7. The lowest BCUT2D eigenvalue weighted by molar-refractivity contribution is -0.0595. The van der Waals surface area contributed by atoms with Gasteiger partial charge >= 0.3 is 6.09 Å². The molecular weight excluding hydrogens is 538 g/mol. The van der Waals surface area contributed by atoms with E-state index in [1.54, 1.807) is 10.5 Å². The first-order chi connectivity index (χ1) is 20.7. The number of rotatable bonds is 13. The van der Waals surface area contributed by atoms with E-state index in [0.717, 1.165) is 61.4 Å². The van der Waals surface area contributed by atoms with Crippen LogP contribution in [0.3, 0.4) is 0 Å². The molecule has 8 atom stereocenters. The van der Waals surface area contributed by atoms with E-state index in [0.29, 0.717) is 25.4 Å². The molecule has 0 spiro atoms. The summed E-state index contributed by atoms with van der Waals surface area (Å²) in [6.07, 6.45) is 17.5. The molecule has 6 N–H and O–H groups in total. The molecule has 0 radical (unpaired) electrons. The van der Waals surface area contributed by atoms with Crippen LogP contribution in [0.2, 0.25) is 0 Å². The fraction of sp³-hybridized carbons (Fsp3) is 0.882. The molecule has 1 amide bonds. The molecule has 5 rings (SSSR count). The van der Waals surface area contributed by atoms with Crippen LogP contribution in [0.5, 0.6) is 0 Å². The number of fused-ring (bicyclic) bond motifs is 5. The predicted octanol–water partition coefficient (Wildman–Crippen LogP) is 5.31. The largest absolute Gasteiger partial charge is 0.446 e. The van der Waals surface area contributed by atoms with Gasteiger partial charge in [-0.2, -0.15) is 0 Å². The number of nitrogens with zero attached hydrogens (tertiary/aromatic N) is 2. The van der Waals surface area contributed by atoms with Crippen molar-refractivity contribution in [2.75, 3.05) is 26.7 Å². The minimum absolute atomic E-state index is 0.00803. The molecule has 3 saturated carbocycles. The smallest absolute Gasteiger partial charge is 0.412 e. The summed E-state index contributed by atoms with van der Waals surface area (Å²) in [5.74, 6) is 5.01. The Morgan fingerprint density at radius 3 is 2.67 bits per heavy atom. The molecule has 1 saturated heterocycles. The lowest BCUT2D eigenvalue weighted by atomic mass is 9.47. The van der Waals surface area contributed by atoms with Crippen LogP contribution in [0.1, 0.15) is 105 Å². The van der Waals surface area contributed by atoms with Crippen LogP contribution in [-0.4, -0.2) is 56.4 Å². The number of hydrogen-bond donors (Lipinski definition) is 5. The molecule has 43 heavy (non-hydrogen) atoms. The number of ether oxygens (including phenoxy) is 1. The van der Waals surface area contributed by atoms with E-state index in [-0.39, 0.29) is 23.9 Å². The normalized spacial score (nSPS) is 36.4. The van der Waals surface area contributed by atoms with Gasteiger partial charge in [-0.1, -0.05) is 65.5 Å². The molecule has 0 aromatic carbocycles. The third-order valence-corrected chi connectivity index (χ3v) is 12.5. The molecule has 5 aliphatic rings. The Bertz CT molecular complexity index is 999. The van der Waals surface area contributed by atoms with Crippen LogP contribution in [0.4, 0.5) is 4.79 Å². The Hall–Kier alpha value is -1.68. The van der Waals surface area contributed by atoms with Gasteiger partial charge in [-0.15, -0.1) is 0 Å². The Morgan fingerprint density at radius 1 is 1.14 bits per heavy atom. The average Bonchev–Trinajstić information content (AvgIpc) is 3.30. The van der Waals surface area contributed by atoms with Crippen molar-refractivity contribution < 1.29 is 9.53 Å². The molecule has 9 nitrogen and oxygen atoms in total. The van der Waals surface area contributed by atoms with Crippen molar-refractivity contribution in [1.82, 2.24) is 26.2 Å². The summed E-state index contributed by atoms with van der Waals surface area (Å²) < 4.78 is 6.16. The van der Waals surface area contributed by atoms with E-state index in [9.17, 15) is 4.79 Å². The van der Waals surface area contributed by atoms with Gasteiger partial charge in [-0.25, -0.2) is 4.79 Å². The maximum atomic E-state index is 13.3. The van der Waals surface area contributed by atoms with Gasteiger partial charge < -0.3 is 10.5 Å². The van der Waals surface area contributed by atoms with Crippen molar-refractivity contribution in [1.29, 1.82) is 0 Å². The van der Waals surface area contributed by atoms with Crippen LogP contribution in [0, 0.1) is 46.3 Å². The fourth-order valence-electron chi connectivity index (χ4n) is 10.0. The summed E-state index contributed by atoms with van der Waals surface area (Å²) in [7, 11) is 0. The van der Waals surface area contributed by atoms with Gasteiger partial charge in [0.25, 0.3) is 0 Å². The Balaban J connectivity index is 1.19. The highest BCUT2D eigenvalue weighted by Crippen LogP contribution is 2.67. The average molecular weight is 600 g/mol. The first kappa shape index (κ1) is 32.7. The van der Waals surface area contributed by atoms with Gasteiger partial charge in [-0.05, 0) is 91.3 Å². The number of nitrogens with one attached hydrogen (secondary N) is 4. The first-order valence-corrected chi connectivity index (χ1v) is 17.4. The van der Waals surface area contributed by atoms with Crippen molar-refractivity contribution in [3.8, 4) is 0 Å². The number of hydrogen-bond acceptors (Lipinski definition) is 7. The van der Waals surface area contributed by atoms with E-state index in [1.807, 2.05) is 0 Å². The first-order valence-electron chi connectivity index (χ1n) is 17.4. The second kappa shape index (κ2) is 14.2. The zero-order chi connectivity index (χ0) is 30.6. The summed E-state index contributed by atoms with van der Waals surface area (Å²) in [6, 6.07) is 0. The van der Waals surface area contributed by atoms with Gasteiger partial charge in [-0.3, -0.25) is 31.2 Å². The van der Waals surface area contributed by atoms with Gasteiger partial charge in [0, 0.05) is 6.42 Å². The molecule has 0 aromatic rings. The summed E-state index contributed by atoms with van der Waals surface area (Å²) in [4.78, 5) is 19.0. The lowest BCUT2D eigenvalue weighted by Crippen LogP contribution is -2.67. The number of allylic oxidation sites excluding steroid dienone is 1. The van der Waals surface area contributed by atoms with Crippen molar-refractivity contribution >= 4 is 12.4 Å². The highest BCUT2D eigenvalue weighted by Gasteiger charge is 2.59. The maximum Gasteiger partial charge on any atom is 0.412 e. The highest BCUT2D eigenvalue weighted by atomic mass is 16.6. The van der Waals surface area contributed by atoms with E-state index >= 15 is 0 Å². The molecule has 8 unspecified atom stereocenters. The zero-order valence-corrected chi connectivity index (χ0v) is 27.7. The second-order valence-electron chi connectivity index (χ2n) is 15.4. The molecule has 1 aliphatic heterocycles. The van der Waals surface area contributed by atoms with Gasteiger partial charge in [0.15, 0.2) is 0 Å². The van der Waals surface area contributed by atoms with Crippen LogP contribution in [0.25, 0.3) is 0 Å². The second-order valence-corrected chi connectivity index (χ2v) is 15.4. The summed E-state index contributed by atoms with van der Waals surface area (Å²) in [6.45, 7) is 14.3. The van der Waals surface area contributed by atoms with Crippen LogP contribution < -0.4 is 27.0 Å². The topological polar surface area (TPSA) is 116 Å². The van der Waals surface area contributed by atoms with Crippen molar-refractivity contribution in [2.45, 2.75) is 118 Å². The van der Waals surface area contributed by atoms with E-state index in [1.165, 1.54) is 57.7 Å². The number of nitrogens with two attached hydrogens (primary N) is 1. The molecular formula is C34H61N7O2. The molecule has 0 bridgehead atoms. The maximum absolute atomic E-state index is 13.3. The summed E-state index contributed by atoms with van der Waals surface area (Å²) in [5, 5.41) is 12.9. The number of amides is 1. The molecule has 4 fully saturated rings. The standard InChI is InChI=1S/C34H61N7O2/c1-23(2)7-6-8-24(3)28-11-12-29-27-10-9-25-17-26(13-15-33(25,4)30(27)14-16-34(28,29)5)43-32(42)41(21-37-19-36-18-35)22-40-31-38-20-39-31/h9,18,23-24,26-31,37-40H,6-8,10-17,19-22H2,1-5H3,(H2,35,36). The molecule has 0 aromatic heterocycles. The van der Waals surface area contributed by atoms with E-state index in [2.05, 4.69) is 67.0 Å². The van der Waals surface area contributed by atoms with Crippen LogP contribution in [-0.2, 0) is 4.74 Å². The van der Waals surface area contributed by atoms with Crippen LogP contribution >= 0.6 is 0 Å². The van der Waals surface area contributed by atoms with Crippen LogP contribution in [0.15, 0.2) is 16.6 Å². The van der Waals surface area contributed by atoms with Gasteiger partial charge in [0.05, 0.1) is 33.0 Å². The number of carbonyl (C=O) groups excluding carboxylic acids is 1.